The van der Waals surface area contributed by atoms with E-state index in [0.717, 1.165) is 18.6 Å². The molecule has 4 N–H and O–H groups in total. The lowest BCUT2D eigenvalue weighted by Gasteiger charge is -2.12. The van der Waals surface area contributed by atoms with E-state index < -0.39 is 0 Å². The third kappa shape index (κ3) is 4.99. The maximum atomic E-state index is 11.9. The summed E-state index contributed by atoms with van der Waals surface area (Å²) < 4.78 is 6.46. The van der Waals surface area contributed by atoms with Crippen molar-refractivity contribution in [3.05, 3.63) is 24.2 Å². The highest BCUT2D eigenvalue weighted by atomic mass is 32.2. The maximum Gasteiger partial charge on any atom is 0.264 e. The van der Waals surface area contributed by atoms with Gasteiger partial charge in [-0.2, -0.15) is 5.10 Å². The lowest BCUT2D eigenvalue weighted by atomic mass is 9.99. The van der Waals surface area contributed by atoms with Gasteiger partial charge < -0.3 is 15.6 Å². The number of nitrogens with zero attached hydrogens (tertiary/aromatic N) is 4. The van der Waals surface area contributed by atoms with Crippen LogP contribution in [0.4, 0.5) is 5.95 Å². The van der Waals surface area contributed by atoms with Crippen molar-refractivity contribution in [3.63, 3.8) is 0 Å². The van der Waals surface area contributed by atoms with E-state index in [0.29, 0.717) is 23.4 Å². The average molecular weight is 363 g/mol. The van der Waals surface area contributed by atoms with Gasteiger partial charge in [-0.25, -0.2) is 10.1 Å². The lowest BCUT2D eigenvalue weighted by molar-refractivity contribution is -0.118. The second-order valence-electron chi connectivity index (χ2n) is 5.67. The number of nitrogens with two attached hydrogens (primary N) is 1. The number of carbonyl (C=O) groups is 1. The number of furan rings is 1. The number of hydrogen-bond donors (Lipinski definition) is 3. The molecule has 1 fully saturated rings. The highest BCUT2D eigenvalue weighted by Gasteiger charge is 2.13. The van der Waals surface area contributed by atoms with Gasteiger partial charge >= 0.3 is 0 Å². The van der Waals surface area contributed by atoms with E-state index in [4.69, 9.17) is 10.3 Å². The third-order valence-corrected chi connectivity index (χ3v) is 4.72. The van der Waals surface area contributed by atoms with Gasteiger partial charge in [0.05, 0.1) is 18.6 Å². The molecule has 2 aromatic heterocycles. The monoisotopic (exact) mass is 363 g/mol. The SMILES string of the molecule is Nn1c(NN=C2CCCCC2)nnc1SCC(=O)NCc1ccco1. The molecule has 0 radical (unpaired) electrons. The van der Waals surface area contributed by atoms with Crippen molar-refractivity contribution in [2.45, 2.75) is 43.8 Å². The summed E-state index contributed by atoms with van der Waals surface area (Å²) in [5.74, 6) is 7.06. The van der Waals surface area contributed by atoms with Crippen LogP contribution < -0.4 is 16.6 Å². The Kier molecular flexibility index (Phi) is 5.94. The molecule has 0 saturated heterocycles. The smallest absolute Gasteiger partial charge is 0.264 e. The van der Waals surface area contributed by atoms with Crippen molar-refractivity contribution in [2.75, 3.05) is 17.0 Å². The number of nitrogen functional groups attached to an aromatic ring is 1. The fraction of sp³-hybridized carbons (Fsp3) is 0.467. The number of hydrazone groups is 1. The minimum Gasteiger partial charge on any atom is -0.467 e. The molecule has 0 bridgehead atoms. The Morgan fingerprint density at radius 3 is 2.96 bits per heavy atom. The van der Waals surface area contributed by atoms with E-state index >= 15 is 0 Å². The van der Waals surface area contributed by atoms with Gasteiger partial charge in [-0.05, 0) is 37.8 Å². The van der Waals surface area contributed by atoms with Gasteiger partial charge in [0.1, 0.15) is 5.76 Å². The Bertz CT molecular complexity index is 718. The van der Waals surface area contributed by atoms with Crippen LogP contribution >= 0.6 is 11.8 Å². The lowest BCUT2D eigenvalue weighted by Crippen LogP contribution is -2.24. The second-order valence-corrected chi connectivity index (χ2v) is 6.61. The predicted octanol–water partition coefficient (Wildman–Crippen LogP) is 1.73. The van der Waals surface area contributed by atoms with E-state index in [1.165, 1.54) is 35.7 Å². The molecule has 0 atom stereocenters. The van der Waals surface area contributed by atoms with Gasteiger partial charge in [-0.1, -0.05) is 18.2 Å². The number of thioether (sulfide) groups is 1. The molecule has 1 aliphatic rings. The number of aromatic nitrogens is 3. The maximum absolute atomic E-state index is 11.9. The third-order valence-electron chi connectivity index (χ3n) is 3.78. The van der Waals surface area contributed by atoms with E-state index in [-0.39, 0.29) is 11.7 Å². The summed E-state index contributed by atoms with van der Waals surface area (Å²) in [5, 5.41) is 15.5. The standard InChI is InChI=1S/C15H21N7O2S/c16-22-14(19-18-11-5-2-1-3-6-11)20-21-15(22)25-10-13(23)17-9-12-7-4-8-24-12/h4,7-8H,1-3,5-6,9-10,16H2,(H,17,23)(H,19,20). The van der Waals surface area contributed by atoms with Crippen molar-refractivity contribution in [3.8, 4) is 0 Å². The molecular weight excluding hydrogens is 342 g/mol. The topological polar surface area (TPSA) is 123 Å². The Morgan fingerprint density at radius 2 is 2.20 bits per heavy atom. The number of nitrogens with one attached hydrogen (secondary N) is 2. The van der Waals surface area contributed by atoms with Gasteiger partial charge in [-0.15, -0.1) is 10.2 Å². The normalized spacial score (nSPS) is 14.3. The Hall–Kier alpha value is -2.49. The molecule has 0 aromatic carbocycles. The van der Waals surface area contributed by atoms with Gasteiger partial charge in [0.25, 0.3) is 5.95 Å². The first-order chi connectivity index (χ1) is 12.2. The molecule has 134 valence electrons. The van der Waals surface area contributed by atoms with Crippen LogP contribution in [0.3, 0.4) is 0 Å². The molecule has 10 heteroatoms. The molecule has 1 amide bonds. The van der Waals surface area contributed by atoms with Gasteiger partial charge in [-0.3, -0.25) is 4.79 Å². The van der Waals surface area contributed by atoms with Gasteiger partial charge in [0, 0.05) is 5.71 Å². The summed E-state index contributed by atoms with van der Waals surface area (Å²) in [4.78, 5) is 11.9. The molecule has 1 aliphatic carbocycles. The van der Waals surface area contributed by atoms with Crippen LogP contribution in [0.2, 0.25) is 0 Å². The number of carbonyl (C=O) groups excluding carboxylic acids is 1. The van der Waals surface area contributed by atoms with Crippen molar-refractivity contribution in [2.24, 2.45) is 5.10 Å². The molecule has 2 aromatic rings. The Morgan fingerprint density at radius 1 is 1.36 bits per heavy atom. The molecule has 25 heavy (non-hydrogen) atoms. The zero-order chi connectivity index (χ0) is 17.5. The molecule has 0 aliphatic heterocycles. The highest BCUT2D eigenvalue weighted by molar-refractivity contribution is 7.99. The number of anilines is 1. The van der Waals surface area contributed by atoms with Gasteiger partial charge in [0.2, 0.25) is 11.1 Å². The van der Waals surface area contributed by atoms with E-state index in [1.807, 2.05) is 0 Å². The summed E-state index contributed by atoms with van der Waals surface area (Å²) in [6, 6.07) is 3.58. The van der Waals surface area contributed by atoms with E-state index in [2.05, 4.69) is 26.0 Å². The Balaban J connectivity index is 1.46. The molecule has 9 nitrogen and oxygen atoms in total. The zero-order valence-corrected chi connectivity index (χ0v) is 14.6. The first kappa shape index (κ1) is 17.3. The number of rotatable bonds is 7. The predicted molar refractivity (Wildman–Crippen MR) is 95.6 cm³/mol. The largest absolute Gasteiger partial charge is 0.467 e. The Labute approximate surface area is 149 Å². The summed E-state index contributed by atoms with van der Waals surface area (Å²) in [6.45, 7) is 0.353. The van der Waals surface area contributed by atoms with E-state index in [1.54, 1.807) is 18.4 Å². The molecular formula is C15H21N7O2S. The van der Waals surface area contributed by atoms with Crippen LogP contribution in [0.25, 0.3) is 0 Å². The fourth-order valence-corrected chi connectivity index (χ4v) is 3.12. The summed E-state index contributed by atoms with van der Waals surface area (Å²) in [5.41, 5.74) is 3.99. The minimum atomic E-state index is -0.138. The molecule has 2 heterocycles. The van der Waals surface area contributed by atoms with Crippen LogP contribution in [0, 0.1) is 0 Å². The summed E-state index contributed by atoms with van der Waals surface area (Å²) in [7, 11) is 0. The first-order valence-corrected chi connectivity index (χ1v) is 9.15. The van der Waals surface area contributed by atoms with Crippen LogP contribution in [0.5, 0.6) is 0 Å². The number of hydrogen-bond acceptors (Lipinski definition) is 8. The van der Waals surface area contributed by atoms with Crippen molar-refractivity contribution >= 4 is 29.3 Å². The highest BCUT2D eigenvalue weighted by Crippen LogP contribution is 2.18. The first-order valence-electron chi connectivity index (χ1n) is 8.16. The van der Waals surface area contributed by atoms with Crippen LogP contribution in [-0.2, 0) is 11.3 Å². The van der Waals surface area contributed by atoms with Gasteiger partial charge in [0.15, 0.2) is 0 Å². The quantitative estimate of drug-likeness (QED) is 0.389. The minimum absolute atomic E-state index is 0.138. The van der Waals surface area contributed by atoms with Crippen LogP contribution in [0.1, 0.15) is 37.9 Å². The average Bonchev–Trinajstić information content (AvgIpc) is 3.27. The molecule has 3 rings (SSSR count). The van der Waals surface area contributed by atoms with Crippen molar-refractivity contribution in [1.82, 2.24) is 20.2 Å². The number of amides is 1. The summed E-state index contributed by atoms with van der Waals surface area (Å²) >= 11 is 1.21. The second kappa shape index (κ2) is 8.56. The summed E-state index contributed by atoms with van der Waals surface area (Å²) in [6.07, 6.45) is 7.17. The molecule has 0 unspecified atom stereocenters. The fourth-order valence-electron chi connectivity index (χ4n) is 2.43. The zero-order valence-electron chi connectivity index (χ0n) is 13.8. The van der Waals surface area contributed by atoms with Crippen molar-refractivity contribution in [1.29, 1.82) is 0 Å². The molecule has 1 saturated carbocycles. The van der Waals surface area contributed by atoms with Crippen LogP contribution in [0.15, 0.2) is 33.1 Å². The van der Waals surface area contributed by atoms with E-state index in [9.17, 15) is 4.79 Å². The molecule has 0 spiro atoms. The van der Waals surface area contributed by atoms with Crippen molar-refractivity contribution < 1.29 is 9.21 Å². The van der Waals surface area contributed by atoms with Crippen LogP contribution in [-0.4, -0.2) is 32.2 Å².